The fourth-order valence-electron chi connectivity index (χ4n) is 3.71. The number of carbonyl (C=O) groups is 2. The third-order valence-electron chi connectivity index (χ3n) is 5.05. The summed E-state index contributed by atoms with van der Waals surface area (Å²) in [4.78, 5) is 29.9. The maximum atomic E-state index is 12.7. The van der Waals surface area contributed by atoms with E-state index in [9.17, 15) is 9.59 Å². The predicted molar refractivity (Wildman–Crippen MR) is 101 cm³/mol. The first-order valence-electron chi connectivity index (χ1n) is 9.25. The molecule has 146 valence electrons. The number of amides is 1. The Labute approximate surface area is 159 Å². The molecular weight excluding hydrogens is 346 g/mol. The predicted octanol–water partition coefficient (Wildman–Crippen LogP) is 2.54. The zero-order chi connectivity index (χ0) is 19.6. The molecule has 7 nitrogen and oxygen atoms in total. The summed E-state index contributed by atoms with van der Waals surface area (Å²) in [6, 6.07) is 3.83. The first-order chi connectivity index (χ1) is 12.9. The normalized spacial score (nSPS) is 16.3. The van der Waals surface area contributed by atoms with Crippen molar-refractivity contribution < 1.29 is 18.7 Å². The number of aromatic amines is 1. The molecule has 7 heteroatoms. The van der Waals surface area contributed by atoms with E-state index in [1.807, 2.05) is 26.0 Å². The smallest absolute Gasteiger partial charge is 0.268 e. The Hall–Kier alpha value is -2.38. The van der Waals surface area contributed by atoms with Gasteiger partial charge in [-0.1, -0.05) is 0 Å². The van der Waals surface area contributed by atoms with Crippen LogP contribution in [0.1, 0.15) is 56.6 Å². The molecule has 1 saturated heterocycles. The summed E-state index contributed by atoms with van der Waals surface area (Å²) in [5.41, 5.74) is 2.44. The van der Waals surface area contributed by atoms with Crippen LogP contribution in [0.25, 0.3) is 0 Å². The summed E-state index contributed by atoms with van der Waals surface area (Å²) in [5.74, 6) is 1.41. The first-order valence-corrected chi connectivity index (χ1v) is 9.25. The van der Waals surface area contributed by atoms with Crippen molar-refractivity contribution in [1.29, 1.82) is 0 Å². The molecule has 2 N–H and O–H groups in total. The van der Waals surface area contributed by atoms with Crippen molar-refractivity contribution in [1.82, 2.24) is 15.2 Å². The summed E-state index contributed by atoms with van der Waals surface area (Å²) in [6.07, 6.45) is 0. The summed E-state index contributed by atoms with van der Waals surface area (Å²) < 4.78 is 11.3. The van der Waals surface area contributed by atoms with Gasteiger partial charge in [0.15, 0.2) is 5.78 Å². The topological polar surface area (TPSA) is 87.6 Å². The van der Waals surface area contributed by atoms with Gasteiger partial charge in [0.2, 0.25) is 0 Å². The van der Waals surface area contributed by atoms with Crippen LogP contribution in [0.15, 0.2) is 16.5 Å². The minimum Gasteiger partial charge on any atom is -0.465 e. The summed E-state index contributed by atoms with van der Waals surface area (Å²) in [6.45, 7) is 10.4. The Morgan fingerprint density at radius 1 is 1.22 bits per heavy atom. The van der Waals surface area contributed by atoms with Crippen LogP contribution >= 0.6 is 0 Å². The molecule has 2 aromatic heterocycles. The molecule has 1 aliphatic rings. The van der Waals surface area contributed by atoms with Crippen molar-refractivity contribution in [2.24, 2.45) is 0 Å². The molecule has 27 heavy (non-hydrogen) atoms. The molecule has 0 unspecified atom stereocenters. The molecule has 0 spiro atoms. The van der Waals surface area contributed by atoms with Gasteiger partial charge in [-0.15, -0.1) is 0 Å². The molecule has 3 heterocycles. The number of morpholine rings is 1. The molecule has 0 bridgehead atoms. The van der Waals surface area contributed by atoms with Crippen molar-refractivity contribution in [2.75, 3.05) is 32.8 Å². The molecule has 3 rings (SSSR count). The zero-order valence-corrected chi connectivity index (χ0v) is 16.3. The van der Waals surface area contributed by atoms with E-state index >= 15 is 0 Å². The Bertz CT molecular complexity index is 830. The van der Waals surface area contributed by atoms with E-state index in [4.69, 9.17) is 9.15 Å². The largest absolute Gasteiger partial charge is 0.465 e. The highest BCUT2D eigenvalue weighted by Crippen LogP contribution is 2.24. The quantitative estimate of drug-likeness (QED) is 0.760. The van der Waals surface area contributed by atoms with Gasteiger partial charge in [-0.25, -0.2) is 0 Å². The van der Waals surface area contributed by atoms with Gasteiger partial charge in [0.05, 0.1) is 19.3 Å². The second kappa shape index (κ2) is 8.10. The maximum absolute atomic E-state index is 12.7. The molecule has 0 aromatic carbocycles. The fraction of sp³-hybridized carbons (Fsp3) is 0.500. The minimum absolute atomic E-state index is 0.0439. The van der Waals surface area contributed by atoms with Crippen LogP contribution in [0, 0.1) is 20.8 Å². The second-order valence-electron chi connectivity index (χ2n) is 7.00. The highest BCUT2D eigenvalue weighted by molar-refractivity contribution is 6.02. The standard InChI is InChI=1S/C20H27N3O4/c1-12-5-6-17(27-12)16(23-7-9-26-10-8-23)11-21-20(25)19-13(2)18(15(4)24)14(3)22-19/h5-6,16,22H,7-11H2,1-4H3,(H,21,25)/t16-/m0/s1. The molecule has 1 atom stereocenters. The Morgan fingerprint density at radius 3 is 2.48 bits per heavy atom. The van der Waals surface area contributed by atoms with Crippen LogP contribution in [-0.2, 0) is 4.74 Å². The molecule has 1 amide bonds. The van der Waals surface area contributed by atoms with Gasteiger partial charge in [0.1, 0.15) is 17.2 Å². The number of Topliss-reactive ketones (excluding diaryl/α,β-unsaturated/α-hetero) is 1. The summed E-state index contributed by atoms with van der Waals surface area (Å²) >= 11 is 0. The summed E-state index contributed by atoms with van der Waals surface area (Å²) in [5, 5.41) is 3.00. The van der Waals surface area contributed by atoms with Gasteiger partial charge in [0.25, 0.3) is 5.91 Å². The van der Waals surface area contributed by atoms with E-state index in [-0.39, 0.29) is 17.7 Å². The Morgan fingerprint density at radius 2 is 1.93 bits per heavy atom. The average Bonchev–Trinajstić information content (AvgIpc) is 3.19. The lowest BCUT2D eigenvalue weighted by molar-refractivity contribution is 0.0117. The van der Waals surface area contributed by atoms with Crippen molar-refractivity contribution in [3.63, 3.8) is 0 Å². The number of nitrogens with zero attached hydrogens (tertiary/aromatic N) is 1. The molecular formula is C20H27N3O4. The number of ether oxygens (including phenoxy) is 1. The van der Waals surface area contributed by atoms with Crippen LogP contribution in [0.3, 0.4) is 0 Å². The number of furan rings is 1. The van der Waals surface area contributed by atoms with E-state index in [0.717, 1.165) is 30.3 Å². The molecule has 1 fully saturated rings. The number of aryl methyl sites for hydroxylation is 2. The van der Waals surface area contributed by atoms with Crippen molar-refractivity contribution in [3.05, 3.63) is 46.2 Å². The molecule has 2 aromatic rings. The SMILES string of the molecule is CC(=O)c1c(C)[nH]c(C(=O)NC[C@@H](c2ccc(C)o2)N2CCOCC2)c1C. The molecule has 1 aliphatic heterocycles. The number of ketones is 1. The lowest BCUT2D eigenvalue weighted by Gasteiger charge is -2.33. The molecule has 0 aliphatic carbocycles. The van der Waals surface area contributed by atoms with E-state index in [1.54, 1.807) is 6.92 Å². The minimum atomic E-state index is -0.218. The van der Waals surface area contributed by atoms with Crippen LogP contribution in [0.4, 0.5) is 0 Å². The third kappa shape index (κ3) is 4.14. The molecule has 0 radical (unpaired) electrons. The van der Waals surface area contributed by atoms with E-state index in [2.05, 4.69) is 15.2 Å². The Balaban J connectivity index is 1.76. The average molecular weight is 373 g/mol. The van der Waals surface area contributed by atoms with Crippen molar-refractivity contribution >= 4 is 11.7 Å². The van der Waals surface area contributed by atoms with Gasteiger partial charge in [-0.2, -0.15) is 0 Å². The van der Waals surface area contributed by atoms with Crippen LogP contribution < -0.4 is 5.32 Å². The van der Waals surface area contributed by atoms with Gasteiger partial charge < -0.3 is 19.5 Å². The maximum Gasteiger partial charge on any atom is 0.268 e. The van der Waals surface area contributed by atoms with Crippen molar-refractivity contribution in [2.45, 2.75) is 33.7 Å². The van der Waals surface area contributed by atoms with Crippen LogP contribution in [0.5, 0.6) is 0 Å². The van der Waals surface area contributed by atoms with E-state index in [0.29, 0.717) is 36.6 Å². The number of nitrogens with one attached hydrogen (secondary N) is 2. The van der Waals surface area contributed by atoms with E-state index < -0.39 is 0 Å². The highest BCUT2D eigenvalue weighted by atomic mass is 16.5. The monoisotopic (exact) mass is 373 g/mol. The van der Waals surface area contributed by atoms with Gasteiger partial charge >= 0.3 is 0 Å². The lowest BCUT2D eigenvalue weighted by Crippen LogP contribution is -2.43. The van der Waals surface area contributed by atoms with Crippen LogP contribution in [0.2, 0.25) is 0 Å². The number of aromatic nitrogens is 1. The van der Waals surface area contributed by atoms with Gasteiger partial charge in [-0.05, 0) is 45.4 Å². The second-order valence-corrected chi connectivity index (χ2v) is 7.00. The Kier molecular flexibility index (Phi) is 5.82. The van der Waals surface area contributed by atoms with Gasteiger partial charge in [0, 0.05) is 30.9 Å². The lowest BCUT2D eigenvalue weighted by atomic mass is 10.1. The van der Waals surface area contributed by atoms with Gasteiger partial charge in [-0.3, -0.25) is 14.5 Å². The molecule has 0 saturated carbocycles. The summed E-state index contributed by atoms with van der Waals surface area (Å²) in [7, 11) is 0. The number of rotatable bonds is 6. The first kappa shape index (κ1) is 19.4. The number of H-pyrrole nitrogens is 1. The highest BCUT2D eigenvalue weighted by Gasteiger charge is 2.27. The number of carbonyl (C=O) groups excluding carboxylic acids is 2. The third-order valence-corrected chi connectivity index (χ3v) is 5.05. The zero-order valence-electron chi connectivity index (χ0n) is 16.3. The van der Waals surface area contributed by atoms with E-state index in [1.165, 1.54) is 6.92 Å². The number of hydrogen-bond donors (Lipinski definition) is 2. The van der Waals surface area contributed by atoms with Crippen LogP contribution in [-0.4, -0.2) is 54.4 Å². The fourth-order valence-corrected chi connectivity index (χ4v) is 3.71. The van der Waals surface area contributed by atoms with Crippen molar-refractivity contribution in [3.8, 4) is 0 Å². The number of hydrogen-bond acceptors (Lipinski definition) is 5.